The SMILES string of the molecule is C[C@@H](OCc1ccc(CCCOCCOCCOCCCc2cccc3c2n(C)c(=O)n3C2CCC(=O)NC2=O)cc1)[C@@H](N)CCC(N)=O.Cl. The smallest absolute Gasteiger partial charge is 0.329 e. The third-order valence-electron chi connectivity index (χ3n) is 8.80. The first-order valence-electron chi connectivity index (χ1n) is 17.1. The van der Waals surface area contributed by atoms with Crippen molar-refractivity contribution in [2.45, 2.75) is 83.1 Å². The van der Waals surface area contributed by atoms with Crippen LogP contribution in [0.2, 0.25) is 0 Å². The first kappa shape index (κ1) is 40.8. The molecule has 14 heteroatoms. The first-order chi connectivity index (χ1) is 23.7. The van der Waals surface area contributed by atoms with E-state index in [0.717, 1.165) is 35.9 Å². The maximum absolute atomic E-state index is 13.1. The number of fused-ring (bicyclic) bond motifs is 1. The quantitative estimate of drug-likeness (QED) is 0.104. The Hall–Kier alpha value is -3.59. The van der Waals surface area contributed by atoms with Crippen LogP contribution in [0, 0.1) is 0 Å². The van der Waals surface area contributed by atoms with Crippen molar-refractivity contribution in [1.29, 1.82) is 0 Å². The molecule has 4 rings (SSSR count). The van der Waals surface area contributed by atoms with Crippen molar-refractivity contribution in [2.75, 3.05) is 39.6 Å². The number of primary amides is 1. The number of ether oxygens (including phenoxy) is 4. The molecule has 2 heterocycles. The molecule has 1 unspecified atom stereocenters. The van der Waals surface area contributed by atoms with E-state index in [0.29, 0.717) is 71.0 Å². The van der Waals surface area contributed by atoms with Crippen LogP contribution in [-0.2, 0) is 59.8 Å². The van der Waals surface area contributed by atoms with Crippen molar-refractivity contribution in [3.8, 4) is 0 Å². The predicted octanol–water partition coefficient (Wildman–Crippen LogP) is 2.85. The fraction of sp³-hybridized carbons (Fsp3) is 0.556. The van der Waals surface area contributed by atoms with E-state index in [-0.39, 0.29) is 54.9 Å². The summed E-state index contributed by atoms with van der Waals surface area (Å²) in [6.07, 6.45) is 4.44. The lowest BCUT2D eigenvalue weighted by atomic mass is 10.0. The van der Waals surface area contributed by atoms with E-state index in [4.69, 9.17) is 30.4 Å². The number of aryl methyl sites for hydroxylation is 3. The molecule has 0 saturated carbocycles. The molecule has 0 bridgehead atoms. The summed E-state index contributed by atoms with van der Waals surface area (Å²) in [5.41, 5.74) is 15.8. The summed E-state index contributed by atoms with van der Waals surface area (Å²) in [7, 11) is 1.71. The van der Waals surface area contributed by atoms with E-state index >= 15 is 0 Å². The van der Waals surface area contributed by atoms with Crippen LogP contribution in [0.15, 0.2) is 47.3 Å². The van der Waals surface area contributed by atoms with Gasteiger partial charge >= 0.3 is 5.69 Å². The van der Waals surface area contributed by atoms with Gasteiger partial charge in [-0.2, -0.15) is 0 Å². The molecule has 3 aromatic rings. The average molecular weight is 718 g/mol. The number of imidazole rings is 1. The summed E-state index contributed by atoms with van der Waals surface area (Å²) >= 11 is 0. The number of hydrogen-bond donors (Lipinski definition) is 3. The normalized spacial score (nSPS) is 15.9. The molecule has 0 spiro atoms. The van der Waals surface area contributed by atoms with Crippen molar-refractivity contribution < 1.29 is 33.3 Å². The molecular weight excluding hydrogens is 666 g/mol. The number of para-hydroxylation sites is 1. The Morgan fingerprint density at radius 3 is 2.18 bits per heavy atom. The highest BCUT2D eigenvalue weighted by Gasteiger charge is 2.31. The summed E-state index contributed by atoms with van der Waals surface area (Å²) in [5, 5.41) is 2.35. The number of imide groups is 1. The number of benzene rings is 2. The molecule has 3 amide bonds. The summed E-state index contributed by atoms with van der Waals surface area (Å²) < 4.78 is 26.0. The minimum absolute atomic E-state index is 0. The highest BCUT2D eigenvalue weighted by Crippen LogP contribution is 2.25. The van der Waals surface area contributed by atoms with Crippen LogP contribution in [0.1, 0.15) is 68.2 Å². The van der Waals surface area contributed by atoms with Gasteiger partial charge in [0.2, 0.25) is 17.7 Å². The fourth-order valence-corrected chi connectivity index (χ4v) is 5.93. The van der Waals surface area contributed by atoms with Gasteiger partial charge in [-0.1, -0.05) is 36.4 Å². The third kappa shape index (κ3) is 12.0. The van der Waals surface area contributed by atoms with Crippen LogP contribution in [0.3, 0.4) is 0 Å². The summed E-state index contributed by atoms with van der Waals surface area (Å²) in [6, 6.07) is 13.1. The number of piperidine rings is 1. The van der Waals surface area contributed by atoms with Crippen molar-refractivity contribution in [1.82, 2.24) is 14.5 Å². The maximum Gasteiger partial charge on any atom is 0.329 e. The average Bonchev–Trinajstić information content (AvgIpc) is 3.34. The van der Waals surface area contributed by atoms with Gasteiger partial charge in [0, 0.05) is 39.1 Å². The van der Waals surface area contributed by atoms with E-state index < -0.39 is 11.9 Å². The molecule has 3 atom stereocenters. The molecule has 1 aliphatic rings. The number of amides is 3. The number of carbonyl (C=O) groups excluding carboxylic acids is 3. The number of halogens is 1. The molecule has 0 aliphatic carbocycles. The number of hydrogen-bond acceptors (Lipinski definition) is 9. The lowest BCUT2D eigenvalue weighted by Gasteiger charge is -2.21. The van der Waals surface area contributed by atoms with E-state index in [9.17, 15) is 19.2 Å². The van der Waals surface area contributed by atoms with Crippen molar-refractivity contribution in [3.05, 3.63) is 69.6 Å². The largest absolute Gasteiger partial charge is 0.379 e. The highest BCUT2D eigenvalue weighted by atomic mass is 35.5. The summed E-state index contributed by atoms with van der Waals surface area (Å²) in [5.74, 6) is -1.10. The molecule has 1 fully saturated rings. The molecule has 50 heavy (non-hydrogen) atoms. The Morgan fingerprint density at radius 1 is 0.920 bits per heavy atom. The second-order valence-electron chi connectivity index (χ2n) is 12.5. The number of nitrogens with one attached hydrogen (secondary N) is 1. The molecule has 1 aromatic heterocycles. The second-order valence-corrected chi connectivity index (χ2v) is 12.5. The van der Waals surface area contributed by atoms with E-state index in [1.807, 2.05) is 25.1 Å². The molecule has 0 radical (unpaired) electrons. The van der Waals surface area contributed by atoms with Crippen LogP contribution < -0.4 is 22.5 Å². The van der Waals surface area contributed by atoms with Crippen LogP contribution in [0.25, 0.3) is 11.0 Å². The number of rotatable bonds is 22. The van der Waals surface area contributed by atoms with Gasteiger partial charge < -0.3 is 30.4 Å². The van der Waals surface area contributed by atoms with Gasteiger partial charge in [0.25, 0.3) is 0 Å². The van der Waals surface area contributed by atoms with Crippen LogP contribution >= 0.6 is 12.4 Å². The molecule has 5 N–H and O–H groups in total. The minimum atomic E-state index is -0.697. The standard InChI is InChI=1S/C36H51N5O8.ClH/c1-25(29(37)14-16-32(38)42)49-24-27-12-10-26(11-13-27)6-4-18-46-20-22-48-23-21-47-19-5-8-28-7-3-9-30-34(28)40(2)36(45)41(30)31-15-17-33(43)39-35(31)44;/h3,7,9-13,25,29,31H,4-6,8,14-24,37H2,1-2H3,(H2,38,42)(H,39,43,44);1H/t25-,29+,31?;/m1./s1. The van der Waals surface area contributed by atoms with Crippen molar-refractivity contribution >= 4 is 41.2 Å². The molecular formula is C36H52ClN5O8. The van der Waals surface area contributed by atoms with Crippen LogP contribution in [0.5, 0.6) is 0 Å². The Kier molecular flexibility index (Phi) is 17.1. The van der Waals surface area contributed by atoms with Gasteiger partial charge in [-0.25, -0.2) is 4.79 Å². The zero-order chi connectivity index (χ0) is 35.2. The highest BCUT2D eigenvalue weighted by molar-refractivity contribution is 6.00. The number of nitrogens with two attached hydrogens (primary N) is 2. The van der Waals surface area contributed by atoms with Gasteiger partial charge in [0.1, 0.15) is 6.04 Å². The fourth-order valence-electron chi connectivity index (χ4n) is 5.93. The first-order valence-corrected chi connectivity index (χ1v) is 17.1. The topological polar surface area (TPSA) is 179 Å². The van der Waals surface area contributed by atoms with Crippen molar-refractivity contribution in [3.63, 3.8) is 0 Å². The lowest BCUT2D eigenvalue weighted by molar-refractivity contribution is -0.135. The van der Waals surface area contributed by atoms with E-state index in [1.54, 1.807) is 11.6 Å². The monoisotopic (exact) mass is 717 g/mol. The Labute approximate surface area is 299 Å². The lowest BCUT2D eigenvalue weighted by Crippen LogP contribution is -2.44. The Balaban J connectivity index is 0.00000676. The van der Waals surface area contributed by atoms with Gasteiger partial charge in [-0.15, -0.1) is 12.4 Å². The molecule has 1 saturated heterocycles. The molecule has 2 aromatic carbocycles. The molecule has 13 nitrogen and oxygen atoms in total. The van der Waals surface area contributed by atoms with Gasteiger partial charge in [0.05, 0.1) is 50.2 Å². The molecule has 1 aliphatic heterocycles. The number of carbonyl (C=O) groups is 3. The Morgan fingerprint density at radius 2 is 1.54 bits per heavy atom. The van der Waals surface area contributed by atoms with Gasteiger partial charge in [0.15, 0.2) is 0 Å². The maximum atomic E-state index is 13.1. The van der Waals surface area contributed by atoms with Gasteiger partial charge in [-0.3, -0.25) is 28.8 Å². The van der Waals surface area contributed by atoms with E-state index in [2.05, 4.69) is 29.6 Å². The van der Waals surface area contributed by atoms with E-state index in [1.165, 1.54) is 10.1 Å². The summed E-state index contributed by atoms with van der Waals surface area (Å²) in [6.45, 7) is 5.57. The van der Waals surface area contributed by atoms with Gasteiger partial charge in [-0.05, 0) is 68.2 Å². The summed E-state index contributed by atoms with van der Waals surface area (Å²) in [4.78, 5) is 48.1. The van der Waals surface area contributed by atoms with Crippen molar-refractivity contribution in [2.24, 2.45) is 18.5 Å². The van der Waals surface area contributed by atoms with Crippen LogP contribution in [0.4, 0.5) is 0 Å². The predicted molar refractivity (Wildman–Crippen MR) is 192 cm³/mol. The minimum Gasteiger partial charge on any atom is -0.379 e. The number of nitrogens with zero attached hydrogens (tertiary/aromatic N) is 2. The third-order valence-corrected chi connectivity index (χ3v) is 8.80. The number of aromatic nitrogens is 2. The zero-order valence-corrected chi connectivity index (χ0v) is 29.9. The molecule has 276 valence electrons. The Bertz CT molecular complexity index is 1590. The zero-order valence-electron chi connectivity index (χ0n) is 29.1. The van der Waals surface area contributed by atoms with Crippen LogP contribution in [-0.4, -0.2) is 78.6 Å². The second kappa shape index (κ2) is 20.9.